The molecule has 4 rings (SSSR count). The van der Waals surface area contributed by atoms with Crippen LogP contribution in [0.2, 0.25) is 0 Å². The Hall–Kier alpha value is -1.83. The van der Waals surface area contributed by atoms with Crippen LogP contribution in [-0.2, 0) is 0 Å². The third-order valence-corrected chi connectivity index (χ3v) is 6.34. The molecule has 0 unspecified atom stereocenters. The number of carboxylic acid groups (broad SMARTS) is 1. The van der Waals surface area contributed by atoms with Gasteiger partial charge in [-0.1, -0.05) is 13.3 Å². The Kier molecular flexibility index (Phi) is 7.43. The number of rotatable bonds is 4. The predicted molar refractivity (Wildman–Crippen MR) is 120 cm³/mol. The van der Waals surface area contributed by atoms with Gasteiger partial charge in [-0.15, -0.1) is 24.8 Å². The Morgan fingerprint density at radius 3 is 2.50 bits per heavy atom. The van der Waals surface area contributed by atoms with Gasteiger partial charge in [0.1, 0.15) is 5.56 Å². The number of halogens is 3. The zero-order valence-electron chi connectivity index (χ0n) is 17.1. The quantitative estimate of drug-likeness (QED) is 0.726. The molecular formula is C21H28Cl2FN3O3. The molecule has 2 aliphatic rings. The Morgan fingerprint density at radius 1 is 1.30 bits per heavy atom. The fourth-order valence-electron chi connectivity index (χ4n) is 4.63. The van der Waals surface area contributed by atoms with Gasteiger partial charge in [0.05, 0.1) is 17.4 Å². The molecule has 30 heavy (non-hydrogen) atoms. The van der Waals surface area contributed by atoms with E-state index in [1.54, 1.807) is 0 Å². The van der Waals surface area contributed by atoms with Crippen LogP contribution in [0.15, 0.2) is 17.1 Å². The van der Waals surface area contributed by atoms with Crippen molar-refractivity contribution in [2.24, 2.45) is 11.7 Å². The van der Waals surface area contributed by atoms with Crippen molar-refractivity contribution >= 4 is 42.0 Å². The maximum atomic E-state index is 15.1. The zero-order chi connectivity index (χ0) is 20.2. The number of anilines is 1. The third-order valence-electron chi connectivity index (χ3n) is 6.34. The standard InChI is InChI=1S/C21H26FN3O3.2ClH/c1-3-12-6-7-24(10-17(12)23)19-11(2)18-14(13-4-5-13)8-15(21(27)28)20(26)25(18)9-16(19)22;;/h8-9,12-13,17H,3-7,10,23H2,1-2H3,(H,27,28);2*1H/t12-,17-;;/m1../s1. The van der Waals surface area contributed by atoms with Gasteiger partial charge in [-0.05, 0) is 55.2 Å². The normalized spacial score (nSPS) is 21.1. The highest BCUT2D eigenvalue weighted by Gasteiger charge is 2.32. The van der Waals surface area contributed by atoms with Crippen molar-refractivity contribution < 1.29 is 14.3 Å². The van der Waals surface area contributed by atoms with Crippen molar-refractivity contribution in [2.75, 3.05) is 18.0 Å². The number of piperidine rings is 1. The van der Waals surface area contributed by atoms with Crippen LogP contribution in [0.1, 0.15) is 60.0 Å². The van der Waals surface area contributed by atoms with Crippen LogP contribution in [0.4, 0.5) is 10.1 Å². The van der Waals surface area contributed by atoms with Crippen LogP contribution >= 0.6 is 24.8 Å². The Bertz CT molecular complexity index is 1020. The first-order valence-corrected chi connectivity index (χ1v) is 9.95. The molecule has 2 fully saturated rings. The molecule has 3 N–H and O–H groups in total. The van der Waals surface area contributed by atoms with Gasteiger partial charge in [-0.3, -0.25) is 9.20 Å². The number of pyridine rings is 2. The molecule has 0 aromatic carbocycles. The second-order valence-electron chi connectivity index (χ2n) is 8.13. The average Bonchev–Trinajstić information content (AvgIpc) is 3.47. The van der Waals surface area contributed by atoms with Gasteiger partial charge in [0.2, 0.25) is 0 Å². The van der Waals surface area contributed by atoms with E-state index in [2.05, 4.69) is 6.92 Å². The van der Waals surface area contributed by atoms with E-state index in [0.29, 0.717) is 29.2 Å². The molecule has 1 saturated carbocycles. The van der Waals surface area contributed by atoms with Crippen LogP contribution in [-0.4, -0.2) is 34.6 Å². The van der Waals surface area contributed by atoms with Gasteiger partial charge < -0.3 is 15.7 Å². The fraction of sp³-hybridized carbons (Fsp3) is 0.524. The number of carboxylic acids is 1. The number of fused-ring (bicyclic) bond motifs is 1. The van der Waals surface area contributed by atoms with Crippen molar-refractivity contribution in [3.8, 4) is 0 Å². The van der Waals surface area contributed by atoms with Crippen molar-refractivity contribution in [1.82, 2.24) is 4.40 Å². The summed E-state index contributed by atoms with van der Waals surface area (Å²) in [4.78, 5) is 26.2. The van der Waals surface area contributed by atoms with Crippen molar-refractivity contribution in [1.29, 1.82) is 0 Å². The molecule has 0 spiro atoms. The van der Waals surface area contributed by atoms with Crippen LogP contribution in [0.3, 0.4) is 0 Å². The lowest BCUT2D eigenvalue weighted by atomic mass is 9.89. The minimum absolute atomic E-state index is 0. The molecule has 2 atom stereocenters. The highest BCUT2D eigenvalue weighted by molar-refractivity contribution is 5.89. The molecule has 2 aromatic rings. The van der Waals surface area contributed by atoms with E-state index >= 15 is 4.39 Å². The monoisotopic (exact) mass is 459 g/mol. The van der Waals surface area contributed by atoms with E-state index in [9.17, 15) is 14.7 Å². The highest BCUT2D eigenvalue weighted by atomic mass is 35.5. The molecule has 6 nitrogen and oxygen atoms in total. The lowest BCUT2D eigenvalue weighted by Crippen LogP contribution is -2.49. The number of aromatic nitrogens is 1. The number of hydrogen-bond donors (Lipinski definition) is 2. The Labute approximate surface area is 187 Å². The number of aromatic carboxylic acids is 1. The molecule has 0 radical (unpaired) electrons. The van der Waals surface area contributed by atoms with Crippen molar-refractivity contribution in [3.05, 3.63) is 45.1 Å². The van der Waals surface area contributed by atoms with Gasteiger partial charge in [-0.2, -0.15) is 0 Å². The summed E-state index contributed by atoms with van der Waals surface area (Å²) in [5, 5.41) is 9.40. The van der Waals surface area contributed by atoms with E-state index in [0.717, 1.165) is 44.0 Å². The van der Waals surface area contributed by atoms with E-state index in [1.165, 1.54) is 10.5 Å². The van der Waals surface area contributed by atoms with E-state index < -0.39 is 17.3 Å². The van der Waals surface area contributed by atoms with E-state index in [1.807, 2.05) is 11.8 Å². The molecule has 1 aliphatic heterocycles. The SMILES string of the molecule is CC[C@@H]1CCN(c2c(F)cn3c(=O)c(C(=O)O)cc(C4CC4)c3c2C)C[C@H]1N.Cl.Cl. The second kappa shape index (κ2) is 9.12. The first-order chi connectivity index (χ1) is 13.3. The number of nitrogens with zero attached hydrogens (tertiary/aromatic N) is 2. The number of hydrogen-bond acceptors (Lipinski definition) is 4. The highest BCUT2D eigenvalue weighted by Crippen LogP contribution is 2.44. The maximum Gasteiger partial charge on any atom is 0.341 e. The van der Waals surface area contributed by atoms with Gasteiger partial charge in [0.15, 0.2) is 5.82 Å². The summed E-state index contributed by atoms with van der Waals surface area (Å²) in [5.74, 6) is -1.14. The minimum Gasteiger partial charge on any atom is -0.477 e. The second-order valence-corrected chi connectivity index (χ2v) is 8.13. The molecule has 0 amide bonds. The lowest BCUT2D eigenvalue weighted by Gasteiger charge is -2.38. The smallest absolute Gasteiger partial charge is 0.341 e. The predicted octanol–water partition coefficient (Wildman–Crippen LogP) is 3.73. The van der Waals surface area contributed by atoms with Crippen molar-refractivity contribution in [2.45, 2.75) is 51.5 Å². The molecule has 166 valence electrons. The molecule has 9 heteroatoms. The van der Waals surface area contributed by atoms with Gasteiger partial charge in [-0.25, -0.2) is 9.18 Å². The summed E-state index contributed by atoms with van der Waals surface area (Å²) in [6.07, 6.45) is 4.96. The minimum atomic E-state index is -1.28. The Balaban J connectivity index is 0.00000160. The fourth-order valence-corrected chi connectivity index (χ4v) is 4.63. The van der Waals surface area contributed by atoms with Crippen LogP contribution in [0, 0.1) is 18.7 Å². The zero-order valence-corrected chi connectivity index (χ0v) is 18.7. The van der Waals surface area contributed by atoms with Gasteiger partial charge in [0, 0.05) is 19.1 Å². The summed E-state index contributed by atoms with van der Waals surface area (Å²) in [6.45, 7) is 5.23. The van der Waals surface area contributed by atoms with Gasteiger partial charge >= 0.3 is 5.97 Å². The summed E-state index contributed by atoms with van der Waals surface area (Å²) in [7, 11) is 0. The molecule has 0 bridgehead atoms. The molecule has 3 heterocycles. The molecular weight excluding hydrogens is 432 g/mol. The summed E-state index contributed by atoms with van der Waals surface area (Å²) in [6, 6.07) is 1.47. The average molecular weight is 460 g/mol. The van der Waals surface area contributed by atoms with E-state index in [4.69, 9.17) is 5.73 Å². The summed E-state index contributed by atoms with van der Waals surface area (Å²) in [5.41, 5.74) is 7.93. The van der Waals surface area contributed by atoms with Crippen LogP contribution < -0.4 is 16.2 Å². The summed E-state index contributed by atoms with van der Waals surface area (Å²) < 4.78 is 16.3. The first kappa shape index (κ1) is 24.4. The topological polar surface area (TPSA) is 88.0 Å². The number of nitrogens with two attached hydrogens (primary N) is 1. The van der Waals surface area contributed by atoms with Gasteiger partial charge in [0.25, 0.3) is 5.56 Å². The largest absolute Gasteiger partial charge is 0.477 e. The molecule has 1 aliphatic carbocycles. The Morgan fingerprint density at radius 2 is 1.97 bits per heavy atom. The van der Waals surface area contributed by atoms with Crippen LogP contribution in [0.5, 0.6) is 0 Å². The lowest BCUT2D eigenvalue weighted by molar-refractivity contribution is 0.0694. The number of carbonyl (C=O) groups is 1. The maximum absolute atomic E-state index is 15.1. The van der Waals surface area contributed by atoms with Crippen LogP contribution in [0.25, 0.3) is 5.52 Å². The first-order valence-electron chi connectivity index (χ1n) is 9.95. The molecule has 2 aromatic heterocycles. The van der Waals surface area contributed by atoms with E-state index in [-0.39, 0.29) is 42.3 Å². The molecule has 1 saturated heterocycles. The third kappa shape index (κ3) is 4.03. The van der Waals surface area contributed by atoms with Crippen molar-refractivity contribution in [3.63, 3.8) is 0 Å². The summed E-state index contributed by atoms with van der Waals surface area (Å²) >= 11 is 0. The number of aryl methyl sites for hydroxylation is 1.